The number of aromatic nitrogens is 7. The number of rotatable bonds is 6. The maximum atomic E-state index is 13.8. The van der Waals surface area contributed by atoms with Crippen molar-refractivity contribution in [1.82, 2.24) is 39.4 Å². The van der Waals surface area contributed by atoms with E-state index < -0.39 is 6.30 Å². The van der Waals surface area contributed by atoms with Crippen LogP contribution < -0.4 is 15.5 Å². The Morgan fingerprint density at radius 1 is 1.11 bits per heavy atom. The summed E-state index contributed by atoms with van der Waals surface area (Å²) in [5, 5.41) is 11.8. The summed E-state index contributed by atoms with van der Waals surface area (Å²) in [6, 6.07) is 3.50. The van der Waals surface area contributed by atoms with Crippen LogP contribution in [0.4, 0.5) is 16.0 Å². The largest absolute Gasteiger partial charge is 0.360 e. The number of imidazole rings is 2. The minimum Gasteiger partial charge on any atom is -0.360 e. The lowest BCUT2D eigenvalue weighted by molar-refractivity contribution is 0.245. The maximum absolute atomic E-state index is 13.8. The van der Waals surface area contributed by atoms with Crippen molar-refractivity contribution < 1.29 is 4.39 Å². The lowest BCUT2D eigenvalue weighted by Gasteiger charge is -2.28. The molecule has 4 aromatic heterocycles. The number of anilines is 2. The van der Waals surface area contributed by atoms with Gasteiger partial charge in [-0.15, -0.1) is 0 Å². The van der Waals surface area contributed by atoms with E-state index in [2.05, 4.69) is 35.6 Å². The van der Waals surface area contributed by atoms with Crippen molar-refractivity contribution in [1.29, 1.82) is 0 Å². The highest BCUT2D eigenvalue weighted by molar-refractivity contribution is 6.42. The number of nitrogens with one attached hydrogen (secondary N) is 3. The van der Waals surface area contributed by atoms with E-state index in [0.717, 1.165) is 54.3 Å². The number of H-pyrrole nitrogens is 1. The van der Waals surface area contributed by atoms with Gasteiger partial charge in [-0.2, -0.15) is 5.10 Å². The van der Waals surface area contributed by atoms with Crippen molar-refractivity contribution in [3.63, 3.8) is 0 Å². The van der Waals surface area contributed by atoms with Crippen LogP contribution in [0.25, 0.3) is 27.9 Å². The molecule has 1 aromatic carbocycles. The summed E-state index contributed by atoms with van der Waals surface area (Å²) in [5.41, 5.74) is 3.74. The molecule has 0 bridgehead atoms. The number of hydrogen-bond donors (Lipinski definition) is 3. The monoisotopic (exact) mass is 528 g/mol. The second-order valence-electron chi connectivity index (χ2n) is 8.63. The van der Waals surface area contributed by atoms with Gasteiger partial charge < -0.3 is 20.5 Å². The first-order valence-electron chi connectivity index (χ1n) is 11.6. The van der Waals surface area contributed by atoms with E-state index in [1.54, 1.807) is 30.7 Å². The predicted molar refractivity (Wildman–Crippen MR) is 139 cm³/mol. The summed E-state index contributed by atoms with van der Waals surface area (Å²) in [6.45, 7) is 5.26. The van der Waals surface area contributed by atoms with Gasteiger partial charge in [-0.1, -0.05) is 23.2 Å². The highest BCUT2D eigenvalue weighted by Gasteiger charge is 2.19. The molecule has 0 saturated carbocycles. The zero-order valence-corrected chi connectivity index (χ0v) is 20.9. The number of piperazine rings is 1. The first-order valence-corrected chi connectivity index (χ1v) is 12.3. The molecule has 5 heterocycles. The Bertz CT molecular complexity index is 1510. The number of nitrogens with zero attached hydrogens (tertiary/aromatic N) is 7. The van der Waals surface area contributed by atoms with Gasteiger partial charge in [0, 0.05) is 37.9 Å². The minimum absolute atomic E-state index is 0.386. The second kappa shape index (κ2) is 9.23. The molecule has 1 fully saturated rings. The molecule has 5 aromatic rings. The average molecular weight is 529 g/mol. The summed E-state index contributed by atoms with van der Waals surface area (Å²) in [4.78, 5) is 19.6. The first kappa shape index (κ1) is 23.0. The molecule has 0 radical (unpaired) electrons. The molecule has 36 heavy (non-hydrogen) atoms. The zero-order chi connectivity index (χ0) is 24.8. The molecule has 13 heteroatoms. The second-order valence-corrected chi connectivity index (χ2v) is 9.44. The van der Waals surface area contributed by atoms with E-state index in [0.29, 0.717) is 33.9 Å². The van der Waals surface area contributed by atoms with Crippen LogP contribution in [0, 0.1) is 0 Å². The van der Waals surface area contributed by atoms with Gasteiger partial charge in [0.2, 0.25) is 0 Å². The number of alkyl halides is 1. The van der Waals surface area contributed by atoms with Crippen molar-refractivity contribution in [3.8, 4) is 11.3 Å². The third kappa shape index (κ3) is 4.23. The Morgan fingerprint density at radius 3 is 2.69 bits per heavy atom. The number of aromatic amines is 1. The van der Waals surface area contributed by atoms with Gasteiger partial charge in [0.05, 0.1) is 51.9 Å². The van der Waals surface area contributed by atoms with E-state index in [1.165, 1.54) is 11.6 Å². The Morgan fingerprint density at radius 2 is 1.92 bits per heavy atom. The van der Waals surface area contributed by atoms with E-state index in [9.17, 15) is 4.39 Å². The lowest BCUT2D eigenvalue weighted by Crippen LogP contribution is -2.44. The van der Waals surface area contributed by atoms with Gasteiger partial charge in [0.1, 0.15) is 11.6 Å². The van der Waals surface area contributed by atoms with Crippen LogP contribution in [0.5, 0.6) is 0 Å². The molecule has 0 amide bonds. The predicted octanol–water partition coefficient (Wildman–Crippen LogP) is 4.29. The summed E-state index contributed by atoms with van der Waals surface area (Å²) < 4.78 is 17.0. The highest BCUT2D eigenvalue weighted by atomic mass is 35.5. The van der Waals surface area contributed by atoms with Crippen molar-refractivity contribution >= 4 is 51.5 Å². The third-order valence-corrected chi connectivity index (χ3v) is 6.90. The van der Waals surface area contributed by atoms with E-state index >= 15 is 0 Å². The Labute approximate surface area is 215 Å². The van der Waals surface area contributed by atoms with Crippen LogP contribution in [-0.2, 0) is 6.54 Å². The third-order valence-electron chi connectivity index (χ3n) is 6.18. The molecule has 0 spiro atoms. The Kier molecular flexibility index (Phi) is 5.90. The summed E-state index contributed by atoms with van der Waals surface area (Å²) >= 11 is 12.3. The molecule has 3 N–H and O–H groups in total. The molecular weight excluding hydrogens is 506 g/mol. The van der Waals surface area contributed by atoms with Crippen molar-refractivity contribution in [2.24, 2.45) is 0 Å². The Balaban J connectivity index is 1.38. The summed E-state index contributed by atoms with van der Waals surface area (Å²) in [7, 11) is 0. The van der Waals surface area contributed by atoms with Gasteiger partial charge in [0.25, 0.3) is 0 Å². The van der Waals surface area contributed by atoms with Crippen molar-refractivity contribution in [3.05, 3.63) is 52.8 Å². The van der Waals surface area contributed by atoms with Crippen molar-refractivity contribution in [2.75, 3.05) is 36.4 Å². The van der Waals surface area contributed by atoms with Crippen LogP contribution >= 0.6 is 23.2 Å². The lowest BCUT2D eigenvalue weighted by atomic mass is 10.3. The number of benzene rings is 1. The number of halogens is 3. The normalized spacial score (nSPS) is 15.2. The van der Waals surface area contributed by atoms with Crippen LogP contribution in [0.3, 0.4) is 0 Å². The van der Waals surface area contributed by atoms with Gasteiger partial charge in [-0.3, -0.25) is 4.40 Å². The fourth-order valence-electron chi connectivity index (χ4n) is 4.33. The smallest absolute Gasteiger partial charge is 0.188 e. The fraction of sp³-hybridized carbons (Fsp3) is 0.304. The van der Waals surface area contributed by atoms with E-state index in [4.69, 9.17) is 28.2 Å². The summed E-state index contributed by atoms with van der Waals surface area (Å²) in [5.74, 6) is 2.14. The van der Waals surface area contributed by atoms with E-state index in [1.807, 2.05) is 10.6 Å². The van der Waals surface area contributed by atoms with Gasteiger partial charge in [0.15, 0.2) is 17.8 Å². The van der Waals surface area contributed by atoms with Gasteiger partial charge in [-0.25, -0.2) is 24.0 Å². The molecule has 1 aliphatic rings. The van der Waals surface area contributed by atoms with Crippen LogP contribution in [0.15, 0.2) is 36.9 Å². The van der Waals surface area contributed by atoms with Crippen LogP contribution in [-0.4, -0.2) is 60.3 Å². The highest BCUT2D eigenvalue weighted by Crippen LogP contribution is 2.29. The van der Waals surface area contributed by atoms with E-state index in [-0.39, 0.29) is 0 Å². The van der Waals surface area contributed by atoms with Gasteiger partial charge in [-0.05, 0) is 19.1 Å². The minimum atomic E-state index is -1.22. The van der Waals surface area contributed by atoms with Crippen LogP contribution in [0.1, 0.15) is 19.0 Å². The number of hydrogen-bond acceptors (Lipinski definition) is 7. The summed E-state index contributed by atoms with van der Waals surface area (Å²) in [6.07, 6.45) is 5.81. The average Bonchev–Trinajstić information content (AvgIpc) is 3.61. The molecule has 10 nitrogen and oxygen atoms in total. The number of fused-ring (bicyclic) bond motifs is 2. The van der Waals surface area contributed by atoms with Crippen LogP contribution in [0.2, 0.25) is 10.0 Å². The molecule has 1 aliphatic heterocycles. The SMILES string of the molecule is CC(F)n1cc(-c2cnc3c(NCc4nc5cc(Cl)c(Cl)cc5[nH]4)nc(N4CCNCC4)cn23)cn1. The van der Waals surface area contributed by atoms with Gasteiger partial charge >= 0.3 is 0 Å². The topological polar surface area (TPSA) is 104 Å². The maximum Gasteiger partial charge on any atom is 0.188 e. The standard InChI is InChI=1S/C23H23Cl2FN10/c1-13(26)36-11-14(8-30-36)19-9-29-23-22(33-21(12-35(19)23)34-4-2-27-3-5-34)28-10-20-31-17-6-15(24)16(25)7-18(17)32-20/h6-9,11-13,27H,2-5,10H2,1H3,(H,28,33)(H,31,32). The molecule has 6 rings (SSSR count). The Hall–Kier alpha value is -3.41. The molecule has 1 atom stereocenters. The molecular formula is C23H23Cl2FN10. The molecule has 1 unspecified atom stereocenters. The molecule has 0 aliphatic carbocycles. The van der Waals surface area contributed by atoms with Crippen molar-refractivity contribution in [2.45, 2.75) is 19.8 Å². The quantitative estimate of drug-likeness (QED) is 0.302. The zero-order valence-electron chi connectivity index (χ0n) is 19.3. The first-order chi connectivity index (χ1) is 17.5. The molecule has 186 valence electrons. The fourth-order valence-corrected chi connectivity index (χ4v) is 4.65. The molecule has 1 saturated heterocycles.